The zero-order chi connectivity index (χ0) is 15.6. The first kappa shape index (κ1) is 16.3. The highest BCUT2D eigenvalue weighted by Gasteiger charge is 2.43. The molecular formula is C16H28N2O3. The largest absolute Gasteiger partial charge is 0.481 e. The van der Waals surface area contributed by atoms with Crippen LogP contribution < -0.4 is 0 Å². The summed E-state index contributed by atoms with van der Waals surface area (Å²) >= 11 is 0. The number of amides is 1. The lowest BCUT2D eigenvalue weighted by atomic mass is 9.94. The van der Waals surface area contributed by atoms with Crippen molar-refractivity contribution < 1.29 is 14.7 Å². The molecule has 2 aliphatic rings. The molecule has 0 radical (unpaired) electrons. The van der Waals surface area contributed by atoms with E-state index in [2.05, 4.69) is 18.9 Å². The van der Waals surface area contributed by atoms with Crippen LogP contribution >= 0.6 is 0 Å². The number of carboxylic acids is 1. The van der Waals surface area contributed by atoms with Crippen molar-refractivity contribution in [3.8, 4) is 0 Å². The highest BCUT2D eigenvalue weighted by atomic mass is 16.4. The molecule has 1 aliphatic carbocycles. The molecule has 1 saturated carbocycles. The number of carboxylic acid groups (broad SMARTS) is 1. The topological polar surface area (TPSA) is 60.9 Å². The van der Waals surface area contributed by atoms with Crippen molar-refractivity contribution in [1.29, 1.82) is 0 Å². The third kappa shape index (κ3) is 3.57. The van der Waals surface area contributed by atoms with Crippen LogP contribution in [0.25, 0.3) is 0 Å². The summed E-state index contributed by atoms with van der Waals surface area (Å²) in [5.74, 6) is -1.23. The fourth-order valence-electron chi connectivity index (χ4n) is 3.92. The number of nitrogens with zero attached hydrogens (tertiary/aromatic N) is 2. The number of carbonyl (C=O) groups excluding carboxylic acids is 1. The normalized spacial score (nSPS) is 33.3. The maximum absolute atomic E-state index is 12.7. The minimum Gasteiger partial charge on any atom is -0.481 e. The molecule has 0 aromatic rings. The van der Waals surface area contributed by atoms with Crippen molar-refractivity contribution in [3.63, 3.8) is 0 Å². The van der Waals surface area contributed by atoms with Crippen molar-refractivity contribution in [2.75, 3.05) is 27.2 Å². The van der Waals surface area contributed by atoms with Crippen LogP contribution in [-0.4, -0.2) is 60.0 Å². The lowest BCUT2D eigenvalue weighted by molar-refractivity contribution is -0.148. The van der Waals surface area contributed by atoms with Crippen LogP contribution in [0.4, 0.5) is 0 Å². The van der Waals surface area contributed by atoms with E-state index in [0.29, 0.717) is 18.4 Å². The van der Waals surface area contributed by atoms with Gasteiger partial charge in [-0.2, -0.15) is 0 Å². The molecular weight excluding hydrogens is 268 g/mol. The molecule has 1 saturated heterocycles. The molecule has 2 unspecified atom stereocenters. The Morgan fingerprint density at radius 2 is 1.95 bits per heavy atom. The van der Waals surface area contributed by atoms with Gasteiger partial charge in [0.05, 0.1) is 11.8 Å². The number of rotatable bonds is 5. The number of carbonyl (C=O) groups is 2. The van der Waals surface area contributed by atoms with Gasteiger partial charge in [-0.1, -0.05) is 13.3 Å². The quantitative estimate of drug-likeness (QED) is 0.838. The van der Waals surface area contributed by atoms with Crippen LogP contribution in [0.15, 0.2) is 0 Å². The molecule has 5 nitrogen and oxygen atoms in total. The molecule has 1 N–H and O–H groups in total. The van der Waals surface area contributed by atoms with Gasteiger partial charge < -0.3 is 14.9 Å². The molecule has 120 valence electrons. The van der Waals surface area contributed by atoms with E-state index in [1.807, 2.05) is 7.05 Å². The maximum atomic E-state index is 12.7. The molecule has 1 amide bonds. The van der Waals surface area contributed by atoms with Crippen LogP contribution in [0.3, 0.4) is 0 Å². The summed E-state index contributed by atoms with van der Waals surface area (Å²) in [6.45, 7) is 3.88. The molecule has 1 heterocycles. The molecule has 5 heteroatoms. The number of hydrogen-bond acceptors (Lipinski definition) is 3. The van der Waals surface area contributed by atoms with Crippen molar-refractivity contribution in [2.45, 2.75) is 45.1 Å². The molecule has 4 atom stereocenters. The number of aliphatic carboxylic acids is 1. The smallest absolute Gasteiger partial charge is 0.307 e. The zero-order valence-corrected chi connectivity index (χ0v) is 13.4. The number of likely N-dealkylation sites (tertiary alicyclic amines) is 1. The Bertz CT molecular complexity index is 399. The number of likely N-dealkylation sites (N-methyl/N-ethyl adjacent to an activating group) is 2. The number of hydrogen-bond donors (Lipinski definition) is 1. The van der Waals surface area contributed by atoms with Crippen molar-refractivity contribution in [3.05, 3.63) is 0 Å². The van der Waals surface area contributed by atoms with Gasteiger partial charge in [-0.15, -0.1) is 0 Å². The second-order valence-corrected chi connectivity index (χ2v) is 6.79. The van der Waals surface area contributed by atoms with Gasteiger partial charge in [-0.3, -0.25) is 9.59 Å². The van der Waals surface area contributed by atoms with Gasteiger partial charge in [0.25, 0.3) is 0 Å². The Hall–Kier alpha value is -1.10. The molecule has 2 rings (SSSR count). The molecule has 2 fully saturated rings. The van der Waals surface area contributed by atoms with Gasteiger partial charge in [0.2, 0.25) is 5.91 Å². The van der Waals surface area contributed by atoms with Gasteiger partial charge in [0.1, 0.15) is 0 Å². The second-order valence-electron chi connectivity index (χ2n) is 6.79. The summed E-state index contributed by atoms with van der Waals surface area (Å²) in [4.78, 5) is 28.1. The molecule has 0 bridgehead atoms. The Kier molecular flexibility index (Phi) is 5.25. The third-order valence-corrected chi connectivity index (χ3v) is 5.40. The highest BCUT2D eigenvalue weighted by molar-refractivity contribution is 5.85. The average molecular weight is 296 g/mol. The predicted octanol–water partition coefficient (Wildman–Crippen LogP) is 1.68. The summed E-state index contributed by atoms with van der Waals surface area (Å²) in [5.41, 5.74) is 0. The monoisotopic (exact) mass is 296 g/mol. The summed E-state index contributed by atoms with van der Waals surface area (Å²) < 4.78 is 0. The van der Waals surface area contributed by atoms with Crippen molar-refractivity contribution in [2.24, 2.45) is 17.8 Å². The van der Waals surface area contributed by atoms with E-state index in [1.165, 1.54) is 6.42 Å². The van der Waals surface area contributed by atoms with E-state index in [9.17, 15) is 14.7 Å². The first-order valence-corrected chi connectivity index (χ1v) is 8.12. The molecule has 0 aromatic heterocycles. The van der Waals surface area contributed by atoms with Crippen molar-refractivity contribution >= 4 is 11.9 Å². The van der Waals surface area contributed by atoms with Crippen LogP contribution in [0.2, 0.25) is 0 Å². The molecule has 0 spiro atoms. The maximum Gasteiger partial charge on any atom is 0.307 e. The van der Waals surface area contributed by atoms with Crippen LogP contribution in [-0.2, 0) is 9.59 Å². The van der Waals surface area contributed by atoms with Gasteiger partial charge in [0.15, 0.2) is 0 Å². The minimum atomic E-state index is -0.810. The second kappa shape index (κ2) is 6.77. The van der Waals surface area contributed by atoms with Gasteiger partial charge in [-0.25, -0.2) is 0 Å². The van der Waals surface area contributed by atoms with Crippen molar-refractivity contribution in [1.82, 2.24) is 9.80 Å². The first-order chi connectivity index (χ1) is 9.93. The third-order valence-electron chi connectivity index (χ3n) is 5.40. The lowest BCUT2D eigenvalue weighted by Crippen LogP contribution is -2.43. The molecule has 21 heavy (non-hydrogen) atoms. The highest BCUT2D eigenvalue weighted by Crippen LogP contribution is 2.39. The Morgan fingerprint density at radius 1 is 1.29 bits per heavy atom. The van der Waals surface area contributed by atoms with Crippen LogP contribution in [0, 0.1) is 17.8 Å². The fraction of sp³-hybridized carbons (Fsp3) is 0.875. The SMILES string of the molecule is CCC1C[C@H](C(=O)N(C)CC2CCCN2C)[C@H](C(=O)O)C1. The van der Waals surface area contributed by atoms with Gasteiger partial charge in [-0.05, 0) is 45.2 Å². The Labute approximate surface area is 127 Å². The molecule has 1 aliphatic heterocycles. The van der Waals surface area contributed by atoms with Crippen LogP contribution in [0.5, 0.6) is 0 Å². The van der Waals surface area contributed by atoms with Gasteiger partial charge >= 0.3 is 5.97 Å². The van der Waals surface area contributed by atoms with E-state index in [1.54, 1.807) is 4.90 Å². The lowest BCUT2D eigenvalue weighted by Gasteiger charge is -2.28. The van der Waals surface area contributed by atoms with E-state index in [0.717, 1.165) is 32.4 Å². The van der Waals surface area contributed by atoms with E-state index < -0.39 is 11.9 Å². The van der Waals surface area contributed by atoms with E-state index in [4.69, 9.17) is 0 Å². The predicted molar refractivity (Wildman–Crippen MR) is 80.9 cm³/mol. The van der Waals surface area contributed by atoms with Crippen LogP contribution in [0.1, 0.15) is 39.0 Å². The standard InChI is InChI=1S/C16H28N2O3/c1-4-11-8-13(14(9-11)16(20)21)15(19)18(3)10-12-6-5-7-17(12)2/h11-14H,4-10H2,1-3H3,(H,20,21)/t11?,12?,13-,14+/m0/s1. The fourth-order valence-corrected chi connectivity index (χ4v) is 3.92. The average Bonchev–Trinajstić information content (AvgIpc) is 3.05. The van der Waals surface area contributed by atoms with E-state index >= 15 is 0 Å². The summed E-state index contributed by atoms with van der Waals surface area (Å²) in [6, 6.07) is 0.422. The van der Waals surface area contributed by atoms with E-state index in [-0.39, 0.29) is 11.8 Å². The zero-order valence-electron chi connectivity index (χ0n) is 13.4. The Balaban J connectivity index is 1.98. The first-order valence-electron chi connectivity index (χ1n) is 8.12. The Morgan fingerprint density at radius 3 is 2.48 bits per heavy atom. The minimum absolute atomic E-state index is 0.0265. The summed E-state index contributed by atoms with van der Waals surface area (Å²) in [6.07, 6.45) is 4.65. The molecule has 0 aromatic carbocycles. The summed E-state index contributed by atoms with van der Waals surface area (Å²) in [5, 5.41) is 9.37. The van der Waals surface area contributed by atoms with Gasteiger partial charge in [0, 0.05) is 19.6 Å². The summed E-state index contributed by atoms with van der Waals surface area (Å²) in [7, 11) is 3.92.